The summed E-state index contributed by atoms with van der Waals surface area (Å²) in [6, 6.07) is 12.9. The lowest BCUT2D eigenvalue weighted by molar-refractivity contribution is 0.0981. The fourth-order valence-electron chi connectivity index (χ4n) is 2.24. The van der Waals surface area contributed by atoms with Crippen molar-refractivity contribution in [3.8, 4) is 0 Å². The monoisotopic (exact) mass is 298 g/mol. The minimum atomic E-state index is -0.401. The van der Waals surface area contributed by atoms with Gasteiger partial charge in [-0.15, -0.1) is 0 Å². The Balaban J connectivity index is 2.07. The van der Waals surface area contributed by atoms with E-state index in [0.29, 0.717) is 26.5 Å². The highest BCUT2D eigenvalue weighted by Gasteiger charge is 2.30. The Labute approximate surface area is 125 Å². The van der Waals surface area contributed by atoms with Crippen molar-refractivity contribution in [2.75, 3.05) is 0 Å². The van der Waals surface area contributed by atoms with E-state index in [4.69, 9.17) is 0 Å². The number of hydrogen-bond acceptors (Lipinski definition) is 3. The number of ketones is 2. The third-order valence-electron chi connectivity index (χ3n) is 3.35. The molecule has 0 N–H and O–H groups in total. The Morgan fingerprint density at radius 1 is 0.857 bits per heavy atom. The smallest absolute Gasteiger partial charge is 0.200 e. The number of rotatable bonds is 2. The van der Waals surface area contributed by atoms with Crippen LogP contribution in [0.15, 0.2) is 63.9 Å². The van der Waals surface area contributed by atoms with Crippen LogP contribution in [0, 0.1) is 5.82 Å². The molecule has 104 valence electrons. The fourth-order valence-corrected chi connectivity index (χ4v) is 3.22. The molecular formula is C17H11FO2S. The summed E-state index contributed by atoms with van der Waals surface area (Å²) in [5, 5.41) is 0. The number of fused-ring (bicyclic) bond motifs is 1. The van der Waals surface area contributed by atoms with Crippen LogP contribution in [0.2, 0.25) is 0 Å². The van der Waals surface area contributed by atoms with Gasteiger partial charge in [-0.1, -0.05) is 48.2 Å². The van der Waals surface area contributed by atoms with Crippen LogP contribution < -0.4 is 0 Å². The first kappa shape index (κ1) is 13.8. The molecule has 0 unspecified atom stereocenters. The minimum Gasteiger partial charge on any atom is -0.289 e. The van der Waals surface area contributed by atoms with Crippen molar-refractivity contribution in [3.05, 3.63) is 76.0 Å². The first-order valence-corrected chi connectivity index (χ1v) is 7.23. The predicted molar refractivity (Wildman–Crippen MR) is 80.1 cm³/mol. The first-order chi connectivity index (χ1) is 10.1. The topological polar surface area (TPSA) is 34.1 Å². The molecule has 0 atom stereocenters. The van der Waals surface area contributed by atoms with E-state index in [1.165, 1.54) is 6.07 Å². The summed E-state index contributed by atoms with van der Waals surface area (Å²) < 4.78 is 13.8. The van der Waals surface area contributed by atoms with E-state index >= 15 is 0 Å². The summed E-state index contributed by atoms with van der Waals surface area (Å²) >= 11 is 1.01. The number of carbonyl (C=O) groups excluding carboxylic acids is 2. The van der Waals surface area contributed by atoms with Gasteiger partial charge in [-0.2, -0.15) is 0 Å². The van der Waals surface area contributed by atoms with E-state index in [0.717, 1.165) is 11.8 Å². The van der Waals surface area contributed by atoms with Crippen molar-refractivity contribution >= 4 is 23.3 Å². The van der Waals surface area contributed by atoms with Gasteiger partial charge in [0.1, 0.15) is 5.82 Å². The molecule has 3 rings (SSSR count). The summed E-state index contributed by atoms with van der Waals surface area (Å²) in [6.07, 6.45) is 0. The number of carbonyl (C=O) groups is 2. The van der Waals surface area contributed by atoms with Gasteiger partial charge in [0, 0.05) is 21.6 Å². The lowest BCUT2D eigenvalue weighted by Gasteiger charge is -2.18. The number of Topliss-reactive ketones (excluding diaryl/α,β-unsaturated/α-hetero) is 2. The summed E-state index contributed by atoms with van der Waals surface area (Å²) in [5.74, 6) is -0.804. The predicted octanol–water partition coefficient (Wildman–Crippen LogP) is 4.27. The lowest BCUT2D eigenvalue weighted by Crippen LogP contribution is -2.19. The molecule has 2 aromatic rings. The molecule has 2 aromatic carbocycles. The van der Waals surface area contributed by atoms with Gasteiger partial charge in [0.15, 0.2) is 5.78 Å². The van der Waals surface area contributed by atoms with Crippen LogP contribution in [-0.2, 0) is 0 Å². The molecule has 0 spiro atoms. The highest BCUT2D eigenvalue weighted by Crippen LogP contribution is 2.37. The van der Waals surface area contributed by atoms with Crippen molar-refractivity contribution in [2.45, 2.75) is 11.8 Å². The summed E-state index contributed by atoms with van der Waals surface area (Å²) in [5.41, 5.74) is 1.16. The summed E-state index contributed by atoms with van der Waals surface area (Å²) in [7, 11) is 0. The minimum absolute atomic E-state index is 0.177. The molecule has 0 fully saturated rings. The normalized spacial score (nSPS) is 14.4. The molecule has 0 amide bonds. The van der Waals surface area contributed by atoms with E-state index in [1.807, 2.05) is 0 Å². The Morgan fingerprint density at radius 2 is 1.43 bits per heavy atom. The van der Waals surface area contributed by atoms with E-state index in [1.54, 1.807) is 49.4 Å². The van der Waals surface area contributed by atoms with Gasteiger partial charge in [0.25, 0.3) is 0 Å². The van der Waals surface area contributed by atoms with Gasteiger partial charge in [0.2, 0.25) is 5.78 Å². The van der Waals surface area contributed by atoms with Crippen LogP contribution >= 0.6 is 11.8 Å². The maximum absolute atomic E-state index is 13.8. The van der Waals surface area contributed by atoms with Crippen LogP contribution in [0.3, 0.4) is 0 Å². The van der Waals surface area contributed by atoms with E-state index < -0.39 is 5.82 Å². The number of halogens is 1. The Bertz CT molecular complexity index is 793. The standard InChI is InChI=1S/C17H11FO2S/c1-10-15(19)11-6-2-3-7-12(11)16(20)17(10)21-14-9-5-4-8-13(14)18/h2-9H,1H3. The molecule has 1 aliphatic rings. The van der Waals surface area contributed by atoms with Crippen LogP contribution in [0.5, 0.6) is 0 Å². The summed E-state index contributed by atoms with van der Waals surface area (Å²) in [4.78, 5) is 25.5. The van der Waals surface area contributed by atoms with Crippen molar-refractivity contribution in [1.82, 2.24) is 0 Å². The number of thioether (sulfide) groups is 1. The SMILES string of the molecule is CC1=C(Sc2ccccc2F)C(=O)c2ccccc2C1=O. The zero-order valence-corrected chi connectivity index (χ0v) is 12.0. The maximum Gasteiger partial charge on any atom is 0.200 e. The second kappa shape index (κ2) is 5.30. The fraction of sp³-hybridized carbons (Fsp3) is 0.0588. The molecule has 0 saturated carbocycles. The van der Waals surface area contributed by atoms with Gasteiger partial charge >= 0.3 is 0 Å². The quantitative estimate of drug-likeness (QED) is 0.830. The van der Waals surface area contributed by atoms with Crippen LogP contribution in [0.25, 0.3) is 0 Å². The van der Waals surface area contributed by atoms with Gasteiger partial charge < -0.3 is 0 Å². The van der Waals surface area contributed by atoms with Crippen molar-refractivity contribution in [2.24, 2.45) is 0 Å². The highest BCUT2D eigenvalue weighted by atomic mass is 32.2. The number of allylic oxidation sites excluding steroid dienone is 2. The van der Waals surface area contributed by atoms with Crippen molar-refractivity contribution < 1.29 is 14.0 Å². The molecule has 0 aliphatic heterocycles. The molecule has 1 aliphatic carbocycles. The summed E-state index contributed by atoms with van der Waals surface area (Å²) in [6.45, 7) is 1.61. The molecule has 0 aromatic heterocycles. The Kier molecular flexibility index (Phi) is 3.47. The van der Waals surface area contributed by atoms with E-state index in [-0.39, 0.29) is 11.6 Å². The third kappa shape index (κ3) is 2.32. The molecule has 0 bridgehead atoms. The number of hydrogen-bond donors (Lipinski definition) is 0. The van der Waals surface area contributed by atoms with Gasteiger partial charge in [-0.05, 0) is 19.1 Å². The second-order valence-electron chi connectivity index (χ2n) is 4.69. The molecule has 0 heterocycles. The molecular weight excluding hydrogens is 287 g/mol. The average molecular weight is 298 g/mol. The van der Waals surface area contributed by atoms with Crippen molar-refractivity contribution in [1.29, 1.82) is 0 Å². The molecule has 4 heteroatoms. The average Bonchev–Trinajstić information content (AvgIpc) is 2.51. The molecule has 2 nitrogen and oxygen atoms in total. The third-order valence-corrected chi connectivity index (χ3v) is 4.60. The van der Waals surface area contributed by atoms with E-state index in [9.17, 15) is 14.0 Å². The molecule has 21 heavy (non-hydrogen) atoms. The largest absolute Gasteiger partial charge is 0.289 e. The van der Waals surface area contributed by atoms with Gasteiger partial charge in [-0.25, -0.2) is 4.39 Å². The molecule has 0 saturated heterocycles. The molecule has 0 radical (unpaired) electrons. The second-order valence-corrected chi connectivity index (χ2v) is 5.74. The van der Waals surface area contributed by atoms with Gasteiger partial charge in [0.05, 0.1) is 4.91 Å². The number of benzene rings is 2. The Morgan fingerprint density at radius 3 is 2.10 bits per heavy atom. The maximum atomic E-state index is 13.8. The van der Waals surface area contributed by atoms with Crippen LogP contribution in [-0.4, -0.2) is 11.6 Å². The van der Waals surface area contributed by atoms with Crippen LogP contribution in [0.1, 0.15) is 27.6 Å². The van der Waals surface area contributed by atoms with Crippen molar-refractivity contribution in [3.63, 3.8) is 0 Å². The van der Waals surface area contributed by atoms with Gasteiger partial charge in [-0.3, -0.25) is 9.59 Å². The zero-order chi connectivity index (χ0) is 15.0. The van der Waals surface area contributed by atoms with Crippen LogP contribution in [0.4, 0.5) is 4.39 Å². The lowest BCUT2D eigenvalue weighted by atomic mass is 9.90. The Hall–Kier alpha value is -2.20. The zero-order valence-electron chi connectivity index (χ0n) is 11.2. The highest BCUT2D eigenvalue weighted by molar-refractivity contribution is 8.04. The van der Waals surface area contributed by atoms with E-state index in [2.05, 4.69) is 0 Å². The first-order valence-electron chi connectivity index (χ1n) is 6.41.